The number of benzene rings is 1. The summed E-state index contributed by atoms with van der Waals surface area (Å²) >= 11 is 1.06. The Labute approximate surface area is 124 Å². The zero-order valence-electron chi connectivity index (χ0n) is 11.0. The van der Waals surface area contributed by atoms with Crippen LogP contribution in [-0.2, 0) is 6.54 Å². The second-order valence-electron chi connectivity index (χ2n) is 4.52. The van der Waals surface area contributed by atoms with E-state index >= 15 is 0 Å². The van der Waals surface area contributed by atoms with Crippen LogP contribution >= 0.6 is 11.3 Å². The van der Waals surface area contributed by atoms with Gasteiger partial charge < -0.3 is 14.7 Å². The third kappa shape index (κ3) is 2.73. The molecule has 0 saturated heterocycles. The van der Waals surface area contributed by atoms with Gasteiger partial charge in [0.1, 0.15) is 12.4 Å². The van der Waals surface area contributed by atoms with E-state index in [0.717, 1.165) is 11.3 Å². The molecular formula is C14H12N2O4S. The summed E-state index contributed by atoms with van der Waals surface area (Å²) in [6, 6.07) is 7.10. The summed E-state index contributed by atoms with van der Waals surface area (Å²) < 4.78 is 5.56. The van der Waals surface area contributed by atoms with Gasteiger partial charge in [-0.1, -0.05) is 12.1 Å². The Morgan fingerprint density at radius 1 is 1.43 bits per heavy atom. The second-order valence-corrected chi connectivity index (χ2v) is 5.38. The molecule has 2 heterocycles. The summed E-state index contributed by atoms with van der Waals surface area (Å²) in [6.45, 7) is 1.12. The normalized spacial score (nSPS) is 14.3. The van der Waals surface area contributed by atoms with Crippen LogP contribution in [0.5, 0.6) is 5.75 Å². The van der Waals surface area contributed by atoms with Crippen molar-refractivity contribution < 1.29 is 19.4 Å². The van der Waals surface area contributed by atoms with Crippen LogP contribution in [0.4, 0.5) is 0 Å². The van der Waals surface area contributed by atoms with Crippen LogP contribution in [0.2, 0.25) is 0 Å². The van der Waals surface area contributed by atoms with Gasteiger partial charge in [0.05, 0.1) is 24.3 Å². The number of carboxylic acid groups (broad SMARTS) is 1. The van der Waals surface area contributed by atoms with Crippen molar-refractivity contribution in [2.75, 3.05) is 13.2 Å². The molecule has 0 unspecified atom stereocenters. The molecule has 1 amide bonds. The van der Waals surface area contributed by atoms with E-state index in [1.165, 1.54) is 0 Å². The van der Waals surface area contributed by atoms with Gasteiger partial charge in [0.15, 0.2) is 0 Å². The first kappa shape index (κ1) is 13.6. The van der Waals surface area contributed by atoms with E-state index in [9.17, 15) is 9.59 Å². The molecular weight excluding hydrogens is 292 g/mol. The quantitative estimate of drug-likeness (QED) is 0.936. The molecule has 6 nitrogen and oxygen atoms in total. The molecule has 1 aromatic heterocycles. The number of hydrogen-bond donors (Lipinski definition) is 1. The molecule has 7 heteroatoms. The number of nitrogens with zero attached hydrogens (tertiary/aromatic N) is 2. The van der Waals surface area contributed by atoms with Gasteiger partial charge in [-0.2, -0.15) is 0 Å². The Hall–Kier alpha value is -2.41. The Morgan fingerprint density at radius 2 is 2.24 bits per heavy atom. The summed E-state index contributed by atoms with van der Waals surface area (Å²) in [4.78, 5) is 29.0. The molecule has 21 heavy (non-hydrogen) atoms. The Morgan fingerprint density at radius 3 is 3.00 bits per heavy atom. The standard InChI is InChI=1S/C14H12N2O4S/c17-13-10-3-1-2-4-11(10)20-6-5-16(13)7-9-8-21-12(15-9)14(18)19/h1-4,8H,5-7H2,(H,18,19). The number of rotatable bonds is 3. The fraction of sp³-hybridized carbons (Fsp3) is 0.214. The highest BCUT2D eigenvalue weighted by molar-refractivity contribution is 7.11. The van der Waals surface area contributed by atoms with Crippen LogP contribution in [0.3, 0.4) is 0 Å². The number of carbonyl (C=O) groups excluding carboxylic acids is 1. The topological polar surface area (TPSA) is 79.7 Å². The minimum absolute atomic E-state index is 0.0314. The number of thiazole rings is 1. The van der Waals surface area contributed by atoms with E-state index in [1.807, 2.05) is 6.07 Å². The van der Waals surface area contributed by atoms with E-state index in [4.69, 9.17) is 9.84 Å². The van der Waals surface area contributed by atoms with Gasteiger partial charge in [0, 0.05) is 5.38 Å². The zero-order chi connectivity index (χ0) is 14.8. The zero-order valence-corrected chi connectivity index (χ0v) is 11.8. The highest BCUT2D eigenvalue weighted by Crippen LogP contribution is 2.23. The van der Waals surface area contributed by atoms with Crippen LogP contribution in [0, 0.1) is 0 Å². The van der Waals surface area contributed by atoms with Gasteiger partial charge in [-0.05, 0) is 12.1 Å². The van der Waals surface area contributed by atoms with Crippen molar-refractivity contribution in [3.63, 3.8) is 0 Å². The Bertz CT molecular complexity index is 698. The fourth-order valence-corrected chi connectivity index (χ4v) is 2.78. The summed E-state index contributed by atoms with van der Waals surface area (Å²) in [7, 11) is 0. The van der Waals surface area contributed by atoms with Crippen molar-refractivity contribution in [1.82, 2.24) is 9.88 Å². The maximum absolute atomic E-state index is 12.5. The van der Waals surface area contributed by atoms with E-state index < -0.39 is 5.97 Å². The molecule has 0 bridgehead atoms. The van der Waals surface area contributed by atoms with Gasteiger partial charge in [-0.15, -0.1) is 11.3 Å². The molecule has 1 aliphatic rings. The highest BCUT2D eigenvalue weighted by atomic mass is 32.1. The maximum atomic E-state index is 12.5. The van der Waals surface area contributed by atoms with Gasteiger partial charge in [-0.25, -0.2) is 9.78 Å². The average Bonchev–Trinajstić information content (AvgIpc) is 2.89. The minimum Gasteiger partial charge on any atom is -0.491 e. The van der Waals surface area contributed by atoms with Crippen molar-refractivity contribution >= 4 is 23.2 Å². The van der Waals surface area contributed by atoms with E-state index in [2.05, 4.69) is 4.98 Å². The third-order valence-corrected chi connectivity index (χ3v) is 3.99. The lowest BCUT2D eigenvalue weighted by Crippen LogP contribution is -2.32. The number of carboxylic acids is 1. The second kappa shape index (κ2) is 5.53. The number of hydrogen-bond acceptors (Lipinski definition) is 5. The molecule has 0 spiro atoms. The lowest BCUT2D eigenvalue weighted by molar-refractivity contribution is 0.0696. The first-order valence-corrected chi connectivity index (χ1v) is 7.22. The molecule has 2 aromatic rings. The predicted octanol–water partition coefficient (Wildman–Crippen LogP) is 1.88. The smallest absolute Gasteiger partial charge is 0.365 e. The summed E-state index contributed by atoms with van der Waals surface area (Å²) in [6.07, 6.45) is 0. The summed E-state index contributed by atoms with van der Waals surface area (Å²) in [5.41, 5.74) is 1.09. The SMILES string of the molecule is O=C(O)c1nc(CN2CCOc3ccccc3C2=O)cs1. The molecule has 1 aromatic carbocycles. The molecule has 0 aliphatic carbocycles. The van der Waals surface area contributed by atoms with Crippen molar-refractivity contribution in [3.8, 4) is 5.75 Å². The lowest BCUT2D eigenvalue weighted by Gasteiger charge is -2.18. The van der Waals surface area contributed by atoms with Crippen molar-refractivity contribution in [2.45, 2.75) is 6.54 Å². The first-order chi connectivity index (χ1) is 10.1. The van der Waals surface area contributed by atoms with Crippen LogP contribution in [0.1, 0.15) is 25.9 Å². The summed E-state index contributed by atoms with van der Waals surface area (Å²) in [5.74, 6) is -0.607. The van der Waals surface area contributed by atoms with Crippen molar-refractivity contribution in [1.29, 1.82) is 0 Å². The lowest BCUT2D eigenvalue weighted by atomic mass is 10.2. The molecule has 3 rings (SSSR count). The molecule has 1 N–H and O–H groups in total. The fourth-order valence-electron chi connectivity index (χ4n) is 2.13. The third-order valence-electron chi connectivity index (χ3n) is 3.11. The van der Waals surface area contributed by atoms with E-state index in [-0.39, 0.29) is 17.5 Å². The van der Waals surface area contributed by atoms with Gasteiger partial charge in [0.2, 0.25) is 5.01 Å². The molecule has 0 atom stereocenters. The first-order valence-electron chi connectivity index (χ1n) is 6.34. The monoisotopic (exact) mass is 304 g/mol. The summed E-state index contributed by atoms with van der Waals surface area (Å²) in [5, 5.41) is 10.6. The number of para-hydroxylation sites is 1. The Balaban J connectivity index is 1.82. The van der Waals surface area contributed by atoms with Crippen molar-refractivity contribution in [2.24, 2.45) is 0 Å². The number of fused-ring (bicyclic) bond motifs is 1. The highest BCUT2D eigenvalue weighted by Gasteiger charge is 2.24. The largest absolute Gasteiger partial charge is 0.491 e. The molecule has 0 radical (unpaired) electrons. The number of aromatic carboxylic acids is 1. The van der Waals surface area contributed by atoms with Gasteiger partial charge >= 0.3 is 5.97 Å². The van der Waals surface area contributed by atoms with Crippen molar-refractivity contribution in [3.05, 3.63) is 45.9 Å². The molecule has 108 valence electrons. The van der Waals surface area contributed by atoms with Crippen LogP contribution < -0.4 is 4.74 Å². The Kier molecular flexibility index (Phi) is 3.57. The van der Waals surface area contributed by atoms with E-state index in [0.29, 0.717) is 30.2 Å². The van der Waals surface area contributed by atoms with Gasteiger partial charge in [-0.3, -0.25) is 4.79 Å². The van der Waals surface area contributed by atoms with Crippen LogP contribution in [0.15, 0.2) is 29.6 Å². The molecule has 1 aliphatic heterocycles. The number of carbonyl (C=O) groups is 2. The number of aromatic nitrogens is 1. The van der Waals surface area contributed by atoms with Gasteiger partial charge in [0.25, 0.3) is 5.91 Å². The maximum Gasteiger partial charge on any atom is 0.365 e. The molecule has 0 saturated carbocycles. The number of ether oxygens (including phenoxy) is 1. The van der Waals surface area contributed by atoms with E-state index in [1.54, 1.807) is 28.5 Å². The predicted molar refractivity (Wildman–Crippen MR) is 75.8 cm³/mol. The minimum atomic E-state index is -1.05. The molecule has 0 fully saturated rings. The number of amides is 1. The average molecular weight is 304 g/mol. The van der Waals surface area contributed by atoms with Crippen LogP contribution in [0.25, 0.3) is 0 Å². The van der Waals surface area contributed by atoms with Crippen LogP contribution in [-0.4, -0.2) is 40.0 Å².